The fraction of sp³-hybridized carbons (Fsp3) is 0.125. The van der Waals surface area contributed by atoms with Crippen molar-refractivity contribution in [3.05, 3.63) is 29.8 Å². The van der Waals surface area contributed by atoms with Crippen molar-refractivity contribution < 1.29 is 14.6 Å². The normalized spacial score (nSPS) is 10.3. The molecule has 0 radical (unpaired) electrons. The van der Waals surface area contributed by atoms with E-state index in [0.29, 0.717) is 10.9 Å². The van der Waals surface area contributed by atoms with Crippen LogP contribution in [-0.2, 0) is 0 Å². The highest BCUT2D eigenvalue weighted by Crippen LogP contribution is 2.21. The van der Waals surface area contributed by atoms with Crippen molar-refractivity contribution in [2.24, 2.45) is 0 Å². The van der Waals surface area contributed by atoms with Crippen molar-refractivity contribution >= 4 is 19.5 Å². The van der Waals surface area contributed by atoms with Crippen LogP contribution in [0.3, 0.4) is 0 Å². The van der Waals surface area contributed by atoms with Crippen molar-refractivity contribution in [1.29, 1.82) is 0 Å². The number of carbonyl (C=O) groups excluding carboxylic acids is 1. The molecule has 12 heavy (non-hydrogen) atoms. The minimum Gasteiger partial charge on any atom is -0.347 e. The van der Waals surface area contributed by atoms with Crippen LogP contribution >= 0.6 is 8.38 Å². The first-order valence-electron chi connectivity index (χ1n) is 3.40. The van der Waals surface area contributed by atoms with Gasteiger partial charge in [0.05, 0.1) is 0 Å². The molecule has 0 saturated carbocycles. The van der Waals surface area contributed by atoms with E-state index in [1.54, 1.807) is 18.2 Å². The lowest BCUT2D eigenvalue weighted by Gasteiger charge is -2.02. The van der Waals surface area contributed by atoms with Crippen LogP contribution in [0.25, 0.3) is 0 Å². The summed E-state index contributed by atoms with van der Waals surface area (Å²) in [6.45, 7) is 1.44. The predicted molar refractivity (Wildman–Crippen MR) is 47.4 cm³/mol. The van der Waals surface area contributed by atoms with Gasteiger partial charge in [0.2, 0.25) is 0 Å². The van der Waals surface area contributed by atoms with Crippen LogP contribution in [0.5, 0.6) is 0 Å². The lowest BCUT2D eigenvalue weighted by molar-refractivity contribution is 0.101. The smallest absolute Gasteiger partial charge is 0.199 e. The quantitative estimate of drug-likeness (QED) is 0.528. The predicted octanol–water partition coefficient (Wildman–Crippen LogP) is 0.811. The van der Waals surface area contributed by atoms with E-state index in [4.69, 9.17) is 9.79 Å². The fourth-order valence-corrected chi connectivity index (χ4v) is 1.32. The molecule has 1 aromatic carbocycles. The second kappa shape index (κ2) is 3.76. The van der Waals surface area contributed by atoms with Crippen molar-refractivity contribution in [2.75, 3.05) is 0 Å². The summed E-state index contributed by atoms with van der Waals surface area (Å²) in [6.07, 6.45) is 0. The van der Waals surface area contributed by atoms with Gasteiger partial charge in [0.1, 0.15) is 0 Å². The van der Waals surface area contributed by atoms with Crippen LogP contribution in [0, 0.1) is 0 Å². The summed E-state index contributed by atoms with van der Waals surface area (Å²) in [5.74, 6) is -0.0753. The molecule has 0 saturated heterocycles. The van der Waals surface area contributed by atoms with Gasteiger partial charge in [-0.25, -0.2) is 0 Å². The van der Waals surface area contributed by atoms with Crippen molar-refractivity contribution in [3.8, 4) is 0 Å². The van der Waals surface area contributed by atoms with Crippen molar-refractivity contribution in [3.63, 3.8) is 0 Å². The lowest BCUT2D eigenvalue weighted by Crippen LogP contribution is -2.03. The Balaban J connectivity index is 3.04. The molecule has 3 nitrogen and oxygen atoms in total. The van der Waals surface area contributed by atoms with Crippen LogP contribution in [0.2, 0.25) is 0 Å². The number of rotatable bonds is 2. The van der Waals surface area contributed by atoms with E-state index in [1.165, 1.54) is 13.0 Å². The molecule has 4 heteroatoms. The third kappa shape index (κ3) is 2.11. The highest BCUT2D eigenvalue weighted by molar-refractivity contribution is 7.54. The molecule has 0 aliphatic rings. The summed E-state index contributed by atoms with van der Waals surface area (Å²) in [7, 11) is -2.09. The molecule has 0 amide bonds. The molecular weight excluding hydrogens is 175 g/mol. The zero-order valence-electron chi connectivity index (χ0n) is 6.56. The van der Waals surface area contributed by atoms with E-state index in [0.717, 1.165) is 0 Å². The molecule has 0 aliphatic heterocycles. The zero-order valence-corrected chi connectivity index (χ0v) is 7.45. The van der Waals surface area contributed by atoms with Gasteiger partial charge in [-0.15, -0.1) is 0 Å². The van der Waals surface area contributed by atoms with Crippen molar-refractivity contribution in [1.82, 2.24) is 0 Å². The SMILES string of the molecule is CC(=O)c1cccc(P(O)O)c1. The first kappa shape index (κ1) is 9.33. The number of ketones is 1. The van der Waals surface area contributed by atoms with E-state index in [2.05, 4.69) is 0 Å². The molecule has 1 rings (SSSR count). The van der Waals surface area contributed by atoms with Gasteiger partial charge in [-0.05, 0) is 19.1 Å². The summed E-state index contributed by atoms with van der Waals surface area (Å²) in [5.41, 5.74) is 0.503. The molecule has 0 aromatic heterocycles. The topological polar surface area (TPSA) is 57.5 Å². The molecule has 0 unspecified atom stereocenters. The van der Waals surface area contributed by atoms with E-state index in [1.807, 2.05) is 0 Å². The Morgan fingerprint density at radius 3 is 2.58 bits per heavy atom. The molecule has 0 aliphatic carbocycles. The van der Waals surface area contributed by atoms with Crippen molar-refractivity contribution in [2.45, 2.75) is 6.92 Å². The number of carbonyl (C=O) groups is 1. The monoisotopic (exact) mass is 184 g/mol. The molecule has 0 fully saturated rings. The molecule has 0 spiro atoms. The van der Waals surface area contributed by atoms with Gasteiger partial charge in [-0.2, -0.15) is 0 Å². The molecule has 1 aromatic rings. The Kier molecular flexibility index (Phi) is 2.93. The second-order valence-electron chi connectivity index (χ2n) is 2.40. The highest BCUT2D eigenvalue weighted by Gasteiger charge is 2.05. The summed E-state index contributed by atoms with van der Waals surface area (Å²) in [6, 6.07) is 6.35. The van der Waals surface area contributed by atoms with Gasteiger partial charge in [-0.3, -0.25) is 4.79 Å². The zero-order chi connectivity index (χ0) is 9.14. The summed E-state index contributed by atoms with van der Waals surface area (Å²) >= 11 is 0. The van der Waals surface area contributed by atoms with E-state index >= 15 is 0 Å². The van der Waals surface area contributed by atoms with Gasteiger partial charge in [0.25, 0.3) is 0 Å². The average molecular weight is 184 g/mol. The van der Waals surface area contributed by atoms with Gasteiger partial charge < -0.3 is 9.79 Å². The minimum atomic E-state index is -2.09. The van der Waals surface area contributed by atoms with E-state index < -0.39 is 8.38 Å². The summed E-state index contributed by atoms with van der Waals surface area (Å²) in [4.78, 5) is 28.5. The standard InChI is InChI=1S/C8H9O3P/c1-6(9)7-3-2-4-8(5-7)12(10)11/h2-5,10-11H,1H3. The number of benzene rings is 1. The Bertz CT molecular complexity index is 296. The second-order valence-corrected chi connectivity index (χ2v) is 3.49. The van der Waals surface area contributed by atoms with E-state index in [9.17, 15) is 4.79 Å². The van der Waals surface area contributed by atoms with Crippen LogP contribution in [-0.4, -0.2) is 15.6 Å². The summed E-state index contributed by atoms with van der Waals surface area (Å²) in [5, 5.41) is 0.401. The van der Waals surface area contributed by atoms with Crippen LogP contribution in [0.4, 0.5) is 0 Å². The lowest BCUT2D eigenvalue weighted by atomic mass is 10.2. The first-order chi connectivity index (χ1) is 5.61. The van der Waals surface area contributed by atoms with Gasteiger partial charge >= 0.3 is 0 Å². The van der Waals surface area contributed by atoms with Crippen LogP contribution in [0.15, 0.2) is 24.3 Å². The Labute approximate surface area is 71.6 Å². The first-order valence-corrected chi connectivity index (χ1v) is 4.65. The third-order valence-electron chi connectivity index (χ3n) is 1.48. The van der Waals surface area contributed by atoms with Gasteiger partial charge in [0.15, 0.2) is 14.2 Å². The number of hydrogen-bond donors (Lipinski definition) is 2. The molecule has 0 heterocycles. The number of hydrogen-bond acceptors (Lipinski definition) is 3. The summed E-state index contributed by atoms with van der Waals surface area (Å²) < 4.78 is 0. The molecule has 0 bridgehead atoms. The molecule has 64 valence electrons. The molecule has 2 N–H and O–H groups in total. The largest absolute Gasteiger partial charge is 0.347 e. The fourth-order valence-electron chi connectivity index (χ4n) is 0.849. The highest BCUT2D eigenvalue weighted by atomic mass is 31.2. The van der Waals surface area contributed by atoms with E-state index in [-0.39, 0.29) is 5.78 Å². The minimum absolute atomic E-state index is 0.0753. The maximum absolute atomic E-state index is 10.9. The molecule has 0 atom stereocenters. The average Bonchev–Trinajstić information content (AvgIpc) is 2.04. The van der Waals surface area contributed by atoms with Crippen LogP contribution < -0.4 is 5.30 Å². The number of Topliss-reactive ketones (excluding diaryl/α,β-unsaturated/α-hetero) is 1. The van der Waals surface area contributed by atoms with Gasteiger partial charge in [0, 0.05) is 10.9 Å². The van der Waals surface area contributed by atoms with Crippen LogP contribution in [0.1, 0.15) is 17.3 Å². The maximum Gasteiger partial charge on any atom is 0.199 e. The Morgan fingerprint density at radius 2 is 2.08 bits per heavy atom. The maximum atomic E-state index is 10.9. The third-order valence-corrected chi connectivity index (χ3v) is 2.22. The Morgan fingerprint density at radius 1 is 1.42 bits per heavy atom. The van der Waals surface area contributed by atoms with Gasteiger partial charge in [-0.1, -0.05) is 12.1 Å². The Hall–Kier alpha value is -0.760. The molecular formula is C8H9O3P.